The number of aliphatic hydroxyl groups excluding tert-OH is 1. The number of halogens is 3. The summed E-state index contributed by atoms with van der Waals surface area (Å²) in [5, 5.41) is 12.8. The molecule has 1 aromatic heterocycles. The Kier molecular flexibility index (Phi) is 4.26. The number of fused-ring (bicyclic) bond motifs is 1. The summed E-state index contributed by atoms with van der Waals surface area (Å²) in [5.74, 6) is -4.90. The maximum absolute atomic E-state index is 13.3. The third-order valence-corrected chi connectivity index (χ3v) is 3.73. The van der Waals surface area contributed by atoms with Crippen molar-refractivity contribution in [2.75, 3.05) is 6.61 Å². The van der Waals surface area contributed by atoms with Crippen molar-refractivity contribution in [3.63, 3.8) is 0 Å². The van der Waals surface area contributed by atoms with Gasteiger partial charge in [-0.3, -0.25) is 4.79 Å². The molecule has 1 unspecified atom stereocenters. The average Bonchev–Trinajstić information content (AvgIpc) is 3.05. The van der Waals surface area contributed by atoms with Gasteiger partial charge in [-0.1, -0.05) is 12.1 Å². The molecule has 0 saturated heterocycles. The molecule has 0 spiro atoms. The second-order valence-electron chi connectivity index (χ2n) is 5.25. The molecule has 0 bridgehead atoms. The number of H-pyrrole nitrogens is 1. The van der Waals surface area contributed by atoms with Gasteiger partial charge in [0, 0.05) is 11.6 Å². The highest BCUT2D eigenvalue weighted by Crippen LogP contribution is 2.21. The maximum atomic E-state index is 13.3. The second kappa shape index (κ2) is 6.37. The lowest BCUT2D eigenvalue weighted by molar-refractivity contribution is 0.0917. The van der Waals surface area contributed by atoms with E-state index in [4.69, 9.17) is 0 Å². The molecule has 0 aliphatic heterocycles. The molecule has 24 heavy (non-hydrogen) atoms. The van der Waals surface area contributed by atoms with Gasteiger partial charge in [-0.15, -0.1) is 0 Å². The van der Waals surface area contributed by atoms with E-state index in [1.807, 2.05) is 6.07 Å². The number of rotatable bonds is 4. The molecule has 1 atom stereocenters. The number of nitrogens with one attached hydrogen (secondary N) is 2. The van der Waals surface area contributed by atoms with Crippen LogP contribution in [0.5, 0.6) is 0 Å². The fourth-order valence-electron chi connectivity index (χ4n) is 2.52. The van der Waals surface area contributed by atoms with Gasteiger partial charge in [0.15, 0.2) is 17.5 Å². The zero-order valence-corrected chi connectivity index (χ0v) is 12.3. The van der Waals surface area contributed by atoms with Crippen molar-refractivity contribution in [1.29, 1.82) is 0 Å². The summed E-state index contributed by atoms with van der Waals surface area (Å²) in [6.07, 6.45) is 1.68. The van der Waals surface area contributed by atoms with E-state index in [0.29, 0.717) is 11.1 Å². The first-order chi connectivity index (χ1) is 11.5. The maximum Gasteiger partial charge on any atom is 0.253 e. The van der Waals surface area contributed by atoms with Gasteiger partial charge in [0.25, 0.3) is 5.91 Å². The van der Waals surface area contributed by atoms with Gasteiger partial charge in [-0.25, -0.2) is 13.2 Å². The smallest absolute Gasteiger partial charge is 0.253 e. The number of hydrogen-bond acceptors (Lipinski definition) is 2. The molecule has 2 aromatic carbocycles. The molecular weight excluding hydrogens is 321 g/mol. The Balaban J connectivity index is 1.90. The number of aromatic amines is 1. The van der Waals surface area contributed by atoms with Crippen LogP contribution >= 0.6 is 0 Å². The Hall–Kier alpha value is -2.80. The van der Waals surface area contributed by atoms with Crippen LogP contribution in [0.15, 0.2) is 42.6 Å². The topological polar surface area (TPSA) is 65.1 Å². The molecule has 0 radical (unpaired) electrons. The Bertz CT molecular complexity index is 885. The lowest BCUT2D eigenvalue weighted by Gasteiger charge is -2.17. The highest BCUT2D eigenvalue weighted by atomic mass is 19.2. The minimum absolute atomic E-state index is 0.0686. The summed E-state index contributed by atoms with van der Waals surface area (Å²) in [5.41, 5.74) is 0.850. The number of aromatic nitrogens is 1. The van der Waals surface area contributed by atoms with Gasteiger partial charge < -0.3 is 15.4 Å². The van der Waals surface area contributed by atoms with Crippen LogP contribution in [0.2, 0.25) is 0 Å². The lowest BCUT2D eigenvalue weighted by atomic mass is 10.1. The van der Waals surface area contributed by atoms with Crippen LogP contribution in [-0.2, 0) is 0 Å². The third-order valence-electron chi connectivity index (χ3n) is 3.73. The van der Waals surface area contributed by atoms with E-state index in [2.05, 4.69) is 10.3 Å². The lowest BCUT2D eigenvalue weighted by Crippen LogP contribution is -2.31. The van der Waals surface area contributed by atoms with Gasteiger partial charge in [0.2, 0.25) is 0 Å². The van der Waals surface area contributed by atoms with Crippen molar-refractivity contribution >= 4 is 16.8 Å². The zero-order valence-electron chi connectivity index (χ0n) is 12.3. The Morgan fingerprint density at radius 3 is 2.54 bits per heavy atom. The minimum atomic E-state index is -1.60. The largest absolute Gasteiger partial charge is 0.394 e. The minimum Gasteiger partial charge on any atom is -0.394 e. The van der Waals surface area contributed by atoms with Gasteiger partial charge >= 0.3 is 0 Å². The predicted molar refractivity (Wildman–Crippen MR) is 81.9 cm³/mol. The molecule has 0 saturated carbocycles. The molecular formula is C17H13F3N2O2. The van der Waals surface area contributed by atoms with E-state index in [9.17, 15) is 23.1 Å². The standard InChI is InChI=1S/C17H13F3N2O2/c18-12-6-10(7-13(19)15(12)20)14(8-23)22-17(24)11-3-1-2-9-4-5-21-16(9)11/h1-7,14,21,23H,8H2,(H,22,24). The first-order valence-electron chi connectivity index (χ1n) is 7.13. The van der Waals surface area contributed by atoms with E-state index in [1.54, 1.807) is 24.4 Å². The fraction of sp³-hybridized carbons (Fsp3) is 0.118. The van der Waals surface area contributed by atoms with Crippen molar-refractivity contribution in [3.05, 3.63) is 71.2 Å². The Labute approximate surface area is 134 Å². The number of amides is 1. The van der Waals surface area contributed by atoms with Crippen molar-refractivity contribution in [2.24, 2.45) is 0 Å². The monoisotopic (exact) mass is 334 g/mol. The number of carbonyl (C=O) groups excluding carboxylic acids is 1. The van der Waals surface area contributed by atoms with Crippen LogP contribution in [0.4, 0.5) is 13.2 Å². The normalized spacial score (nSPS) is 12.3. The van der Waals surface area contributed by atoms with Crippen molar-refractivity contribution in [2.45, 2.75) is 6.04 Å². The number of para-hydroxylation sites is 1. The van der Waals surface area contributed by atoms with E-state index in [1.165, 1.54) is 0 Å². The molecule has 4 nitrogen and oxygen atoms in total. The molecule has 3 aromatic rings. The summed E-state index contributed by atoms with van der Waals surface area (Å²) in [7, 11) is 0. The molecule has 1 amide bonds. The van der Waals surface area contributed by atoms with Crippen molar-refractivity contribution < 1.29 is 23.1 Å². The van der Waals surface area contributed by atoms with E-state index >= 15 is 0 Å². The van der Waals surface area contributed by atoms with Gasteiger partial charge in [0.05, 0.1) is 23.7 Å². The van der Waals surface area contributed by atoms with Crippen molar-refractivity contribution in [1.82, 2.24) is 10.3 Å². The summed E-state index contributed by atoms with van der Waals surface area (Å²) < 4.78 is 39.7. The molecule has 7 heteroatoms. The van der Waals surface area contributed by atoms with Crippen molar-refractivity contribution in [3.8, 4) is 0 Å². The summed E-state index contributed by atoms with van der Waals surface area (Å²) in [6, 6.07) is 7.29. The second-order valence-corrected chi connectivity index (χ2v) is 5.25. The van der Waals surface area contributed by atoms with Gasteiger partial charge in [0.1, 0.15) is 0 Å². The quantitative estimate of drug-likeness (QED) is 0.642. The van der Waals surface area contributed by atoms with E-state index in [-0.39, 0.29) is 5.56 Å². The van der Waals surface area contributed by atoms with Crippen LogP contribution in [-0.4, -0.2) is 22.6 Å². The molecule has 3 N–H and O–H groups in total. The first kappa shape index (κ1) is 16.1. The zero-order chi connectivity index (χ0) is 17.3. The summed E-state index contributed by atoms with van der Waals surface area (Å²) in [4.78, 5) is 15.4. The summed E-state index contributed by atoms with van der Waals surface area (Å²) >= 11 is 0. The first-order valence-corrected chi connectivity index (χ1v) is 7.13. The van der Waals surface area contributed by atoms with Crippen LogP contribution in [0, 0.1) is 17.5 Å². The molecule has 1 heterocycles. The molecule has 0 aliphatic carbocycles. The molecule has 124 valence electrons. The van der Waals surface area contributed by atoms with Crippen LogP contribution < -0.4 is 5.32 Å². The molecule has 3 rings (SSSR count). The van der Waals surface area contributed by atoms with Gasteiger partial charge in [-0.2, -0.15) is 0 Å². The number of aliphatic hydroxyl groups is 1. The average molecular weight is 334 g/mol. The molecule has 0 aliphatic rings. The van der Waals surface area contributed by atoms with Crippen LogP contribution in [0.25, 0.3) is 10.9 Å². The highest BCUT2D eigenvalue weighted by Gasteiger charge is 2.20. The van der Waals surface area contributed by atoms with Crippen LogP contribution in [0.1, 0.15) is 22.0 Å². The third kappa shape index (κ3) is 2.85. The number of carbonyl (C=O) groups is 1. The summed E-state index contributed by atoms with van der Waals surface area (Å²) in [6.45, 7) is -0.600. The number of hydrogen-bond donors (Lipinski definition) is 3. The van der Waals surface area contributed by atoms with E-state index in [0.717, 1.165) is 17.5 Å². The number of benzene rings is 2. The predicted octanol–water partition coefficient (Wildman–Crippen LogP) is 3.05. The molecule has 0 fully saturated rings. The SMILES string of the molecule is O=C(NC(CO)c1cc(F)c(F)c(F)c1)c1cccc2cc[nH]c12. The van der Waals surface area contributed by atoms with Crippen LogP contribution in [0.3, 0.4) is 0 Å². The Morgan fingerprint density at radius 2 is 1.88 bits per heavy atom. The van der Waals surface area contributed by atoms with E-state index < -0.39 is 36.0 Å². The highest BCUT2D eigenvalue weighted by molar-refractivity contribution is 6.05. The van der Waals surface area contributed by atoms with Gasteiger partial charge in [-0.05, 0) is 29.8 Å². The fourth-order valence-corrected chi connectivity index (χ4v) is 2.52. The Morgan fingerprint density at radius 1 is 1.17 bits per heavy atom.